The van der Waals surface area contributed by atoms with E-state index in [1.54, 1.807) is 11.0 Å². The largest absolute Gasteiger partial charge is 0.342 e. The Hall–Kier alpha value is -4.01. The summed E-state index contributed by atoms with van der Waals surface area (Å²) in [6.07, 6.45) is 7.57. The van der Waals surface area contributed by atoms with E-state index in [0.29, 0.717) is 36.0 Å². The van der Waals surface area contributed by atoms with Crippen LogP contribution in [0.2, 0.25) is 0 Å². The van der Waals surface area contributed by atoms with E-state index >= 15 is 0 Å². The number of benzene rings is 2. The second kappa shape index (κ2) is 9.28. The first-order valence-corrected chi connectivity index (χ1v) is 14.4. The van der Waals surface area contributed by atoms with Crippen molar-refractivity contribution in [2.24, 2.45) is 5.41 Å². The molecular formula is C31H33N5O4. The molecule has 9 nitrogen and oxygen atoms in total. The Morgan fingerprint density at radius 3 is 2.58 bits per heavy atom. The van der Waals surface area contributed by atoms with Crippen molar-refractivity contribution in [1.82, 2.24) is 20.0 Å². The predicted molar refractivity (Wildman–Crippen MR) is 149 cm³/mol. The molecule has 1 unspecified atom stereocenters. The lowest BCUT2D eigenvalue weighted by atomic mass is 9.69. The summed E-state index contributed by atoms with van der Waals surface area (Å²) in [6.45, 7) is 4.24. The van der Waals surface area contributed by atoms with Crippen molar-refractivity contribution < 1.29 is 19.2 Å². The fourth-order valence-electron chi connectivity index (χ4n) is 6.98. The van der Waals surface area contributed by atoms with E-state index in [4.69, 9.17) is 5.10 Å². The molecule has 206 valence electrons. The van der Waals surface area contributed by atoms with Crippen LogP contribution in [-0.2, 0) is 20.9 Å². The SMILES string of the molecule is CC1(C(=O)N2CCC(c3ccn(Cc4ccc5c6c(cccc46)C(=O)N5C4CCC(=O)NC4=O)n3)CC2)CCC1. The van der Waals surface area contributed by atoms with Crippen molar-refractivity contribution in [2.45, 2.75) is 70.4 Å². The molecule has 1 N–H and O–H groups in total. The summed E-state index contributed by atoms with van der Waals surface area (Å²) in [5.74, 6) is -0.265. The quantitative estimate of drug-likeness (QED) is 0.498. The zero-order chi connectivity index (χ0) is 27.6. The van der Waals surface area contributed by atoms with Gasteiger partial charge >= 0.3 is 0 Å². The van der Waals surface area contributed by atoms with Crippen LogP contribution < -0.4 is 10.2 Å². The third-order valence-corrected chi connectivity index (χ3v) is 9.51. The number of nitrogens with one attached hydrogen (secondary N) is 1. The van der Waals surface area contributed by atoms with Gasteiger partial charge in [0.2, 0.25) is 17.7 Å². The maximum Gasteiger partial charge on any atom is 0.259 e. The molecule has 3 aliphatic heterocycles. The van der Waals surface area contributed by atoms with Crippen molar-refractivity contribution in [1.29, 1.82) is 0 Å². The Balaban J connectivity index is 1.09. The van der Waals surface area contributed by atoms with E-state index in [1.807, 2.05) is 35.1 Å². The number of rotatable bonds is 5. The number of carbonyl (C=O) groups is 4. The van der Waals surface area contributed by atoms with Gasteiger partial charge in [0.15, 0.2) is 0 Å². The van der Waals surface area contributed by atoms with Gasteiger partial charge in [-0.25, -0.2) is 0 Å². The summed E-state index contributed by atoms with van der Waals surface area (Å²) >= 11 is 0. The molecule has 0 bridgehead atoms. The van der Waals surface area contributed by atoms with Crippen LogP contribution in [0.5, 0.6) is 0 Å². The lowest BCUT2D eigenvalue weighted by molar-refractivity contribution is -0.147. The Kier molecular flexibility index (Phi) is 5.80. The minimum atomic E-state index is -0.696. The Labute approximate surface area is 232 Å². The summed E-state index contributed by atoms with van der Waals surface area (Å²) in [4.78, 5) is 54.2. The number of nitrogens with zero attached hydrogens (tertiary/aromatic N) is 4. The monoisotopic (exact) mass is 539 g/mol. The lowest BCUT2D eigenvalue weighted by Crippen LogP contribution is -2.53. The van der Waals surface area contributed by atoms with Gasteiger partial charge in [-0.05, 0) is 61.3 Å². The molecule has 40 heavy (non-hydrogen) atoms. The van der Waals surface area contributed by atoms with Gasteiger partial charge in [0.05, 0.1) is 17.9 Å². The molecule has 1 aromatic heterocycles. The maximum absolute atomic E-state index is 13.4. The fourth-order valence-corrected chi connectivity index (χ4v) is 6.98. The van der Waals surface area contributed by atoms with Crippen LogP contribution in [0.3, 0.4) is 0 Å². The van der Waals surface area contributed by atoms with E-state index in [2.05, 4.69) is 23.2 Å². The van der Waals surface area contributed by atoms with Crippen LogP contribution in [0.15, 0.2) is 42.6 Å². The smallest absolute Gasteiger partial charge is 0.259 e. The van der Waals surface area contributed by atoms with Crippen LogP contribution in [0.1, 0.15) is 79.4 Å². The number of likely N-dealkylation sites (tertiary alicyclic amines) is 1. The average molecular weight is 540 g/mol. The van der Waals surface area contributed by atoms with Gasteiger partial charge in [-0.2, -0.15) is 5.10 Å². The first-order chi connectivity index (χ1) is 19.3. The van der Waals surface area contributed by atoms with Crippen LogP contribution in [-0.4, -0.2) is 57.4 Å². The Bertz CT molecular complexity index is 1560. The first kappa shape index (κ1) is 25.0. The van der Waals surface area contributed by atoms with Gasteiger partial charge in [-0.15, -0.1) is 0 Å². The number of piperidine rings is 2. The van der Waals surface area contributed by atoms with Gasteiger partial charge in [0.25, 0.3) is 5.91 Å². The van der Waals surface area contributed by atoms with Crippen LogP contribution >= 0.6 is 0 Å². The third-order valence-electron chi connectivity index (χ3n) is 9.51. The summed E-state index contributed by atoms with van der Waals surface area (Å²) in [6, 6.07) is 11.0. The zero-order valence-electron chi connectivity index (χ0n) is 22.7. The van der Waals surface area contributed by atoms with E-state index in [9.17, 15) is 19.2 Å². The fraction of sp³-hybridized carbons (Fsp3) is 0.452. The minimum Gasteiger partial charge on any atom is -0.342 e. The summed E-state index contributed by atoms with van der Waals surface area (Å²) in [5, 5.41) is 9.10. The number of carbonyl (C=O) groups excluding carboxylic acids is 4. The molecule has 0 spiro atoms. The van der Waals surface area contributed by atoms with Gasteiger partial charge in [0, 0.05) is 48.0 Å². The summed E-state index contributed by atoms with van der Waals surface area (Å²) in [7, 11) is 0. The second-order valence-corrected chi connectivity index (χ2v) is 12.0. The Morgan fingerprint density at radius 1 is 1.05 bits per heavy atom. The maximum atomic E-state index is 13.4. The highest BCUT2D eigenvalue weighted by Crippen LogP contribution is 2.43. The molecule has 3 aromatic rings. The number of aromatic nitrogens is 2. The highest BCUT2D eigenvalue weighted by Gasteiger charge is 2.43. The third kappa shape index (κ3) is 3.93. The van der Waals surface area contributed by atoms with Gasteiger partial charge < -0.3 is 4.90 Å². The molecule has 4 heterocycles. The van der Waals surface area contributed by atoms with Crippen LogP contribution in [0.4, 0.5) is 5.69 Å². The van der Waals surface area contributed by atoms with Crippen LogP contribution in [0, 0.1) is 5.41 Å². The predicted octanol–water partition coefficient (Wildman–Crippen LogP) is 3.75. The number of anilines is 1. The lowest BCUT2D eigenvalue weighted by Gasteiger charge is -2.42. The average Bonchev–Trinajstić information content (AvgIpc) is 3.52. The van der Waals surface area contributed by atoms with Crippen molar-refractivity contribution in [3.63, 3.8) is 0 Å². The van der Waals surface area contributed by atoms with E-state index in [1.165, 1.54) is 0 Å². The zero-order valence-corrected chi connectivity index (χ0v) is 22.7. The molecule has 2 saturated heterocycles. The Morgan fingerprint density at radius 2 is 1.85 bits per heavy atom. The molecule has 4 aliphatic rings. The van der Waals surface area contributed by atoms with Gasteiger partial charge in [-0.1, -0.05) is 31.5 Å². The molecule has 1 saturated carbocycles. The summed E-state index contributed by atoms with van der Waals surface area (Å²) in [5.41, 5.74) is 3.26. The molecule has 4 amide bonds. The number of hydrogen-bond acceptors (Lipinski definition) is 5. The molecule has 9 heteroatoms. The standard InChI is InChI=1S/C31H33N5O4/c1-31(13-3-14-31)30(40)34-15-10-19(11-16-34)23-12-17-35(33-23)18-20-6-7-24-27-21(20)4-2-5-22(27)29(39)36(24)25-8-9-26(37)32-28(25)38/h2,4-7,12,17,19,25H,3,8-11,13-16,18H2,1H3,(H,32,37,38). The topological polar surface area (TPSA) is 105 Å². The van der Waals surface area contributed by atoms with E-state index in [-0.39, 0.29) is 23.7 Å². The highest BCUT2D eigenvalue weighted by molar-refractivity contribution is 6.27. The van der Waals surface area contributed by atoms with Gasteiger partial charge in [0.1, 0.15) is 6.04 Å². The van der Waals surface area contributed by atoms with E-state index in [0.717, 1.165) is 67.2 Å². The molecule has 7 rings (SSSR count). The first-order valence-electron chi connectivity index (χ1n) is 14.4. The molecule has 1 atom stereocenters. The van der Waals surface area contributed by atoms with E-state index < -0.39 is 11.9 Å². The highest BCUT2D eigenvalue weighted by atomic mass is 16.2. The van der Waals surface area contributed by atoms with Gasteiger partial charge in [-0.3, -0.25) is 34.1 Å². The van der Waals surface area contributed by atoms with Crippen LogP contribution in [0.25, 0.3) is 10.8 Å². The van der Waals surface area contributed by atoms with Crippen molar-refractivity contribution >= 4 is 40.1 Å². The molecular weight excluding hydrogens is 506 g/mol. The molecule has 0 radical (unpaired) electrons. The van der Waals surface area contributed by atoms with Crippen molar-refractivity contribution in [3.05, 3.63) is 59.4 Å². The summed E-state index contributed by atoms with van der Waals surface area (Å²) < 4.78 is 1.95. The number of imide groups is 1. The molecule has 2 aromatic carbocycles. The van der Waals surface area contributed by atoms with Crippen molar-refractivity contribution in [2.75, 3.05) is 18.0 Å². The molecule has 1 aliphatic carbocycles. The number of amides is 4. The normalized spacial score (nSPS) is 22.5. The van der Waals surface area contributed by atoms with Crippen molar-refractivity contribution in [3.8, 4) is 0 Å². The number of hydrogen-bond donors (Lipinski definition) is 1. The minimum absolute atomic E-state index is 0.141. The second-order valence-electron chi connectivity index (χ2n) is 12.0. The molecule has 3 fully saturated rings.